The van der Waals surface area contributed by atoms with Crippen LogP contribution in [0.15, 0.2) is 29.2 Å². The smallest absolute Gasteiger partial charge is 0.338 e. The van der Waals surface area contributed by atoms with Gasteiger partial charge in [0.05, 0.1) is 5.56 Å². The summed E-state index contributed by atoms with van der Waals surface area (Å²) >= 11 is 4.21. The van der Waals surface area contributed by atoms with E-state index >= 15 is 0 Å². The van der Waals surface area contributed by atoms with Crippen molar-refractivity contribution in [3.63, 3.8) is 0 Å². The molecule has 0 aliphatic heterocycles. The molecule has 0 saturated heterocycles. The molecule has 0 amide bonds. The molecule has 2 rings (SSSR count). The molecule has 0 aromatic heterocycles. The van der Waals surface area contributed by atoms with E-state index in [0.29, 0.717) is 11.5 Å². The highest BCUT2D eigenvalue weighted by atomic mass is 32.1. The summed E-state index contributed by atoms with van der Waals surface area (Å²) in [6.07, 6.45) is 3.17. The number of carbonyl (C=O) groups excluding carboxylic acids is 1. The second-order valence-corrected chi connectivity index (χ2v) is 7.00. The zero-order chi connectivity index (χ0) is 14.0. The molecular weight excluding hydrogens is 256 g/mol. The predicted molar refractivity (Wildman–Crippen MR) is 79.7 cm³/mol. The Hall–Kier alpha value is -0.960. The molecule has 0 radical (unpaired) electrons. The Balaban J connectivity index is 2.00. The van der Waals surface area contributed by atoms with Crippen LogP contribution in [0.5, 0.6) is 0 Å². The molecule has 1 aliphatic rings. The molecule has 104 valence electrons. The molecule has 1 aromatic carbocycles. The fraction of sp³-hybridized carbons (Fsp3) is 0.562. The highest BCUT2D eigenvalue weighted by Crippen LogP contribution is 2.39. The summed E-state index contributed by atoms with van der Waals surface area (Å²) < 4.78 is 5.66. The maximum atomic E-state index is 12.1. The lowest BCUT2D eigenvalue weighted by atomic mass is 9.71. The first-order chi connectivity index (χ1) is 8.85. The Morgan fingerprint density at radius 3 is 2.47 bits per heavy atom. The van der Waals surface area contributed by atoms with Crippen molar-refractivity contribution >= 4 is 18.6 Å². The fourth-order valence-corrected chi connectivity index (χ4v) is 3.31. The molecule has 0 N–H and O–H groups in total. The van der Waals surface area contributed by atoms with Crippen LogP contribution < -0.4 is 0 Å². The van der Waals surface area contributed by atoms with E-state index < -0.39 is 0 Å². The summed E-state index contributed by atoms with van der Waals surface area (Å²) in [4.78, 5) is 12.9. The maximum Gasteiger partial charge on any atom is 0.338 e. The van der Waals surface area contributed by atoms with Gasteiger partial charge in [-0.15, -0.1) is 12.6 Å². The number of esters is 1. The summed E-state index contributed by atoms with van der Waals surface area (Å²) in [7, 11) is 0. The lowest BCUT2D eigenvalue weighted by Crippen LogP contribution is -2.33. The van der Waals surface area contributed by atoms with Gasteiger partial charge in [-0.05, 0) is 54.9 Å². The first-order valence-corrected chi connectivity index (χ1v) is 7.30. The van der Waals surface area contributed by atoms with E-state index in [9.17, 15) is 4.79 Å². The number of ether oxygens (including phenoxy) is 1. The Kier molecular flexibility index (Phi) is 4.24. The van der Waals surface area contributed by atoms with Crippen molar-refractivity contribution in [3.8, 4) is 0 Å². The van der Waals surface area contributed by atoms with Crippen molar-refractivity contribution in [2.75, 3.05) is 0 Å². The molecule has 3 heteroatoms. The van der Waals surface area contributed by atoms with Crippen LogP contribution in [-0.2, 0) is 4.74 Å². The zero-order valence-corrected chi connectivity index (χ0v) is 12.7. The van der Waals surface area contributed by atoms with Crippen LogP contribution in [0.3, 0.4) is 0 Å². The van der Waals surface area contributed by atoms with E-state index in [1.165, 1.54) is 6.42 Å². The largest absolute Gasteiger partial charge is 0.459 e. The Morgan fingerprint density at radius 2 is 1.89 bits per heavy atom. The summed E-state index contributed by atoms with van der Waals surface area (Å²) in [5.74, 6) is 0.393. The lowest BCUT2D eigenvalue weighted by Gasteiger charge is -2.38. The summed E-state index contributed by atoms with van der Waals surface area (Å²) in [5.41, 5.74) is 0.867. The van der Waals surface area contributed by atoms with Crippen LogP contribution in [0.1, 0.15) is 50.4 Å². The number of benzene rings is 1. The molecule has 2 unspecified atom stereocenters. The number of rotatable bonds is 2. The zero-order valence-electron chi connectivity index (χ0n) is 11.8. The molecule has 1 fully saturated rings. The summed E-state index contributed by atoms with van der Waals surface area (Å²) in [6.45, 7) is 6.73. The monoisotopic (exact) mass is 278 g/mol. The van der Waals surface area contributed by atoms with E-state index in [1.807, 2.05) is 12.1 Å². The van der Waals surface area contributed by atoms with Crippen molar-refractivity contribution < 1.29 is 9.53 Å². The molecule has 1 aliphatic carbocycles. The topological polar surface area (TPSA) is 26.3 Å². The van der Waals surface area contributed by atoms with Crippen LogP contribution in [0.2, 0.25) is 0 Å². The van der Waals surface area contributed by atoms with Gasteiger partial charge < -0.3 is 4.74 Å². The van der Waals surface area contributed by atoms with Crippen LogP contribution in [0.4, 0.5) is 0 Å². The van der Waals surface area contributed by atoms with Crippen LogP contribution in [0, 0.1) is 11.3 Å². The highest BCUT2D eigenvalue weighted by Gasteiger charge is 2.34. The minimum atomic E-state index is -0.219. The van der Waals surface area contributed by atoms with Gasteiger partial charge in [-0.3, -0.25) is 0 Å². The Morgan fingerprint density at radius 1 is 1.26 bits per heavy atom. The van der Waals surface area contributed by atoms with Gasteiger partial charge in [0.1, 0.15) is 6.10 Å². The van der Waals surface area contributed by atoms with Crippen LogP contribution in [-0.4, -0.2) is 12.1 Å². The molecule has 19 heavy (non-hydrogen) atoms. The summed E-state index contributed by atoms with van der Waals surface area (Å²) in [6, 6.07) is 7.16. The van der Waals surface area contributed by atoms with Gasteiger partial charge >= 0.3 is 5.97 Å². The van der Waals surface area contributed by atoms with Crippen molar-refractivity contribution in [2.24, 2.45) is 11.3 Å². The number of carbonyl (C=O) groups is 1. The van der Waals surface area contributed by atoms with Crippen molar-refractivity contribution in [2.45, 2.75) is 51.0 Å². The predicted octanol–water partition coefficient (Wildman–Crippen LogP) is 4.35. The number of hydrogen-bond acceptors (Lipinski definition) is 3. The second-order valence-electron chi connectivity index (χ2n) is 6.49. The van der Waals surface area contributed by atoms with E-state index in [0.717, 1.165) is 17.7 Å². The van der Waals surface area contributed by atoms with Gasteiger partial charge in [-0.25, -0.2) is 4.79 Å². The molecule has 0 heterocycles. The third-order valence-electron chi connectivity index (χ3n) is 3.72. The second kappa shape index (κ2) is 5.58. The molecule has 2 nitrogen and oxygen atoms in total. The van der Waals surface area contributed by atoms with Crippen LogP contribution >= 0.6 is 12.6 Å². The molecular formula is C16H22O2S. The van der Waals surface area contributed by atoms with Gasteiger partial charge in [0.25, 0.3) is 0 Å². The standard InChI is InChI=1S/C16H22O2S/c1-11-8-13(10-16(2,3)9-11)18-15(17)12-4-6-14(19)7-5-12/h4-7,11,13,19H,8-10H2,1-3H3. The SMILES string of the molecule is CC1CC(OC(=O)c2ccc(S)cc2)CC(C)(C)C1. The first kappa shape index (κ1) is 14.4. The van der Waals surface area contributed by atoms with Crippen molar-refractivity contribution in [1.29, 1.82) is 0 Å². The van der Waals surface area contributed by atoms with Gasteiger partial charge in [-0.2, -0.15) is 0 Å². The molecule has 0 bridgehead atoms. The van der Waals surface area contributed by atoms with Crippen molar-refractivity contribution in [1.82, 2.24) is 0 Å². The van der Waals surface area contributed by atoms with Crippen molar-refractivity contribution in [3.05, 3.63) is 29.8 Å². The Bertz CT molecular complexity index is 450. The first-order valence-electron chi connectivity index (χ1n) is 6.86. The third-order valence-corrected chi connectivity index (χ3v) is 4.02. The van der Waals surface area contributed by atoms with Gasteiger partial charge in [-0.1, -0.05) is 20.8 Å². The van der Waals surface area contributed by atoms with E-state index in [2.05, 4.69) is 33.4 Å². The number of hydrogen-bond donors (Lipinski definition) is 1. The average Bonchev–Trinajstić information content (AvgIpc) is 2.26. The fourth-order valence-electron chi connectivity index (χ4n) is 3.17. The van der Waals surface area contributed by atoms with Gasteiger partial charge in [0, 0.05) is 4.90 Å². The van der Waals surface area contributed by atoms with E-state index in [1.54, 1.807) is 12.1 Å². The number of thiol groups is 1. The molecule has 1 aromatic rings. The van der Waals surface area contributed by atoms with Gasteiger partial charge in [0.15, 0.2) is 0 Å². The van der Waals surface area contributed by atoms with E-state index in [-0.39, 0.29) is 17.5 Å². The quantitative estimate of drug-likeness (QED) is 0.643. The third kappa shape index (κ3) is 4.00. The summed E-state index contributed by atoms with van der Waals surface area (Å²) in [5, 5.41) is 0. The lowest BCUT2D eigenvalue weighted by molar-refractivity contribution is -0.00714. The molecule has 1 saturated carbocycles. The maximum absolute atomic E-state index is 12.1. The molecule has 0 spiro atoms. The highest BCUT2D eigenvalue weighted by molar-refractivity contribution is 7.80. The normalized spacial score (nSPS) is 25.9. The minimum absolute atomic E-state index is 0.0435. The van der Waals surface area contributed by atoms with E-state index in [4.69, 9.17) is 4.74 Å². The average molecular weight is 278 g/mol. The Labute approximate surface area is 121 Å². The minimum Gasteiger partial charge on any atom is -0.459 e. The molecule has 2 atom stereocenters. The van der Waals surface area contributed by atoms with Crippen LogP contribution in [0.25, 0.3) is 0 Å². The van der Waals surface area contributed by atoms with Gasteiger partial charge in [0.2, 0.25) is 0 Å².